The first kappa shape index (κ1) is 10.2. The van der Waals surface area contributed by atoms with E-state index in [1.807, 2.05) is 36.4 Å². The van der Waals surface area contributed by atoms with Gasteiger partial charge in [-0.1, -0.05) is 42.5 Å². The van der Waals surface area contributed by atoms with E-state index in [9.17, 15) is 5.26 Å². The Kier molecular flexibility index (Phi) is 1.93. The Bertz CT molecular complexity index is 971. The number of rotatable bonds is 0. The maximum atomic E-state index is 9.34. The van der Waals surface area contributed by atoms with E-state index in [4.69, 9.17) is 0 Å². The molecule has 0 saturated heterocycles. The van der Waals surface area contributed by atoms with Crippen LogP contribution in [0, 0.1) is 11.3 Å². The van der Waals surface area contributed by atoms with Crippen LogP contribution in [0.3, 0.4) is 0 Å². The summed E-state index contributed by atoms with van der Waals surface area (Å²) >= 11 is 0. The summed E-state index contributed by atoms with van der Waals surface area (Å²) in [5.74, 6) is 0. The summed E-state index contributed by atoms with van der Waals surface area (Å²) in [5.41, 5.74) is 2.95. The highest BCUT2D eigenvalue weighted by Crippen LogP contribution is 2.32. The molecule has 1 heterocycles. The third-order valence-corrected chi connectivity index (χ3v) is 3.64. The number of nitriles is 1. The molecule has 0 aliphatic carbocycles. The fraction of sp³-hybridized carbons (Fsp3) is 0. The number of nitrogens with one attached hydrogen (secondary N) is 1. The summed E-state index contributed by atoms with van der Waals surface area (Å²) in [6, 6.07) is 20.5. The van der Waals surface area contributed by atoms with Crippen molar-refractivity contribution in [3.63, 3.8) is 0 Å². The van der Waals surface area contributed by atoms with E-state index >= 15 is 0 Å². The number of fused-ring (bicyclic) bond motifs is 5. The van der Waals surface area contributed by atoms with E-state index in [0.717, 1.165) is 32.8 Å². The lowest BCUT2D eigenvalue weighted by Crippen LogP contribution is -1.81. The second-order valence-corrected chi connectivity index (χ2v) is 4.67. The number of hydrogen-bond acceptors (Lipinski definition) is 1. The van der Waals surface area contributed by atoms with Gasteiger partial charge in [0, 0.05) is 27.1 Å². The summed E-state index contributed by atoms with van der Waals surface area (Å²) in [7, 11) is 0. The molecule has 2 heteroatoms. The van der Waals surface area contributed by atoms with E-state index in [0.29, 0.717) is 0 Å². The number of benzene rings is 3. The Morgan fingerprint density at radius 3 is 2.26 bits per heavy atom. The van der Waals surface area contributed by atoms with Crippen LogP contribution in [0.2, 0.25) is 0 Å². The van der Waals surface area contributed by atoms with Gasteiger partial charge >= 0.3 is 0 Å². The Morgan fingerprint density at radius 2 is 1.47 bits per heavy atom. The number of aromatic amines is 1. The third-order valence-electron chi connectivity index (χ3n) is 3.64. The Hall–Kier alpha value is -2.79. The number of para-hydroxylation sites is 1. The van der Waals surface area contributed by atoms with Gasteiger partial charge < -0.3 is 4.98 Å². The molecule has 0 unspecified atom stereocenters. The second kappa shape index (κ2) is 3.60. The third kappa shape index (κ3) is 1.30. The lowest BCUT2D eigenvalue weighted by atomic mass is 10.0. The van der Waals surface area contributed by atoms with Crippen molar-refractivity contribution < 1.29 is 0 Å². The van der Waals surface area contributed by atoms with Gasteiger partial charge in [-0.15, -0.1) is 0 Å². The Morgan fingerprint density at radius 1 is 0.789 bits per heavy atom. The van der Waals surface area contributed by atoms with E-state index in [1.165, 1.54) is 5.39 Å². The monoisotopic (exact) mass is 242 g/mol. The van der Waals surface area contributed by atoms with Crippen LogP contribution >= 0.6 is 0 Å². The lowest BCUT2D eigenvalue weighted by molar-refractivity contribution is 1.51. The molecule has 4 aromatic rings. The first-order valence-electron chi connectivity index (χ1n) is 6.21. The average Bonchev–Trinajstić information content (AvgIpc) is 2.85. The molecule has 2 nitrogen and oxygen atoms in total. The van der Waals surface area contributed by atoms with Crippen molar-refractivity contribution >= 4 is 32.6 Å². The van der Waals surface area contributed by atoms with E-state index in [1.54, 1.807) is 0 Å². The molecule has 1 N–H and O–H groups in total. The highest BCUT2D eigenvalue weighted by Gasteiger charge is 2.10. The summed E-state index contributed by atoms with van der Waals surface area (Å²) in [5, 5.41) is 13.7. The molecular weight excluding hydrogens is 232 g/mol. The van der Waals surface area contributed by atoms with Gasteiger partial charge in [-0.05, 0) is 12.1 Å². The molecule has 0 bridgehead atoms. The summed E-state index contributed by atoms with van der Waals surface area (Å²) in [6.07, 6.45) is 0. The van der Waals surface area contributed by atoms with E-state index in [2.05, 4.69) is 29.3 Å². The quantitative estimate of drug-likeness (QED) is 0.489. The van der Waals surface area contributed by atoms with Gasteiger partial charge in [-0.25, -0.2) is 0 Å². The molecule has 0 fully saturated rings. The van der Waals surface area contributed by atoms with Crippen molar-refractivity contribution in [2.45, 2.75) is 0 Å². The molecule has 4 rings (SSSR count). The van der Waals surface area contributed by atoms with Gasteiger partial charge in [0.15, 0.2) is 0 Å². The predicted molar refractivity (Wildman–Crippen MR) is 78.0 cm³/mol. The smallest absolute Gasteiger partial charge is 0.0998 e. The SMILES string of the molecule is N#Cc1cc2c3ccccc3[nH]c2c2ccccc12. The van der Waals surface area contributed by atoms with Crippen molar-refractivity contribution in [3.8, 4) is 6.07 Å². The minimum absolute atomic E-state index is 0.729. The van der Waals surface area contributed by atoms with Gasteiger partial charge in [0.1, 0.15) is 0 Å². The van der Waals surface area contributed by atoms with Gasteiger partial charge in [0.05, 0.1) is 17.1 Å². The van der Waals surface area contributed by atoms with Crippen LogP contribution in [-0.2, 0) is 0 Å². The molecular formula is C17H10N2. The van der Waals surface area contributed by atoms with Crippen LogP contribution in [0.4, 0.5) is 0 Å². The molecule has 0 aliphatic rings. The minimum atomic E-state index is 0.729. The summed E-state index contributed by atoms with van der Waals surface area (Å²) in [6.45, 7) is 0. The molecule has 0 amide bonds. The topological polar surface area (TPSA) is 39.6 Å². The second-order valence-electron chi connectivity index (χ2n) is 4.67. The van der Waals surface area contributed by atoms with Gasteiger partial charge in [0.25, 0.3) is 0 Å². The number of H-pyrrole nitrogens is 1. The highest BCUT2D eigenvalue weighted by molar-refractivity contribution is 6.18. The average molecular weight is 242 g/mol. The van der Waals surface area contributed by atoms with Crippen LogP contribution in [-0.4, -0.2) is 4.98 Å². The first-order valence-corrected chi connectivity index (χ1v) is 6.21. The highest BCUT2D eigenvalue weighted by atomic mass is 14.7. The Balaban J connectivity index is 2.36. The molecule has 19 heavy (non-hydrogen) atoms. The molecule has 88 valence electrons. The normalized spacial score (nSPS) is 11.1. The zero-order valence-electron chi connectivity index (χ0n) is 10.1. The lowest BCUT2D eigenvalue weighted by Gasteiger charge is -2.02. The van der Waals surface area contributed by atoms with Gasteiger partial charge in [-0.2, -0.15) is 5.26 Å². The van der Waals surface area contributed by atoms with Gasteiger partial charge in [-0.3, -0.25) is 0 Å². The van der Waals surface area contributed by atoms with Crippen molar-refractivity contribution in [3.05, 3.63) is 60.2 Å². The molecule has 0 radical (unpaired) electrons. The zero-order valence-corrected chi connectivity index (χ0v) is 10.1. The maximum absolute atomic E-state index is 9.34. The van der Waals surface area contributed by atoms with Crippen LogP contribution < -0.4 is 0 Å². The largest absolute Gasteiger partial charge is 0.354 e. The number of nitrogens with zero attached hydrogens (tertiary/aromatic N) is 1. The van der Waals surface area contributed by atoms with E-state index in [-0.39, 0.29) is 0 Å². The van der Waals surface area contributed by atoms with Crippen molar-refractivity contribution in [2.24, 2.45) is 0 Å². The van der Waals surface area contributed by atoms with Crippen molar-refractivity contribution in [1.29, 1.82) is 5.26 Å². The molecule has 0 aliphatic heterocycles. The molecule has 1 aromatic heterocycles. The first-order chi connectivity index (χ1) is 9.38. The van der Waals surface area contributed by atoms with Crippen molar-refractivity contribution in [2.75, 3.05) is 0 Å². The van der Waals surface area contributed by atoms with E-state index < -0.39 is 0 Å². The van der Waals surface area contributed by atoms with Crippen LogP contribution in [0.1, 0.15) is 5.56 Å². The molecule has 0 spiro atoms. The number of aromatic nitrogens is 1. The molecule has 3 aromatic carbocycles. The zero-order chi connectivity index (χ0) is 12.8. The summed E-state index contributed by atoms with van der Waals surface area (Å²) in [4.78, 5) is 3.46. The van der Waals surface area contributed by atoms with Crippen LogP contribution in [0.25, 0.3) is 32.6 Å². The standard InChI is InChI=1S/C17H10N2/c18-10-11-9-15-13-6-3-4-8-16(13)19-17(15)14-7-2-1-5-12(11)14/h1-9,19H. The number of hydrogen-bond donors (Lipinski definition) is 1. The predicted octanol–water partition coefficient (Wildman–Crippen LogP) is 4.35. The molecule has 0 saturated carbocycles. The van der Waals surface area contributed by atoms with Crippen molar-refractivity contribution in [1.82, 2.24) is 4.98 Å². The van der Waals surface area contributed by atoms with Crippen LogP contribution in [0.15, 0.2) is 54.6 Å². The Labute approximate surface area is 109 Å². The fourth-order valence-corrected chi connectivity index (χ4v) is 2.78. The fourth-order valence-electron chi connectivity index (χ4n) is 2.78. The van der Waals surface area contributed by atoms with Crippen LogP contribution in [0.5, 0.6) is 0 Å². The van der Waals surface area contributed by atoms with Gasteiger partial charge in [0.2, 0.25) is 0 Å². The summed E-state index contributed by atoms with van der Waals surface area (Å²) < 4.78 is 0. The maximum Gasteiger partial charge on any atom is 0.0998 e. The minimum Gasteiger partial charge on any atom is -0.354 e. The molecule has 0 atom stereocenters.